The van der Waals surface area contributed by atoms with Crippen LogP contribution in [0.3, 0.4) is 0 Å². The maximum Gasteiger partial charge on any atom is 0.261 e. The van der Waals surface area contributed by atoms with Gasteiger partial charge in [-0.25, -0.2) is 0 Å². The molecule has 1 aliphatic heterocycles. The molecular weight excluding hydrogens is 389 g/mol. The molecule has 3 rings (SSSR count). The highest BCUT2D eigenvalue weighted by molar-refractivity contribution is 6.36. The molecule has 3 amide bonds. The van der Waals surface area contributed by atoms with Crippen molar-refractivity contribution in [1.29, 1.82) is 0 Å². The summed E-state index contributed by atoms with van der Waals surface area (Å²) in [5, 5.41) is 0.639. The Balaban J connectivity index is 1.98. The third-order valence-electron chi connectivity index (χ3n) is 4.35. The fourth-order valence-electron chi connectivity index (χ4n) is 2.90. The SMILES string of the molecule is NC(=O)c1ccc(N(CN2CCCC2=O)C(=O)c2cc(Cl)ccc2Cl)cc1. The van der Waals surface area contributed by atoms with Crippen LogP contribution >= 0.6 is 23.2 Å². The van der Waals surface area contributed by atoms with Crippen LogP contribution < -0.4 is 10.6 Å². The third kappa shape index (κ3) is 4.23. The molecule has 1 aliphatic rings. The second-order valence-corrected chi connectivity index (χ2v) is 7.01. The summed E-state index contributed by atoms with van der Waals surface area (Å²) in [4.78, 5) is 39.6. The summed E-state index contributed by atoms with van der Waals surface area (Å²) in [7, 11) is 0. The van der Waals surface area contributed by atoms with Crippen LogP contribution in [-0.4, -0.2) is 35.8 Å². The van der Waals surface area contributed by atoms with Crippen LogP contribution in [0, 0.1) is 0 Å². The van der Waals surface area contributed by atoms with Gasteiger partial charge in [0, 0.05) is 29.2 Å². The maximum atomic E-state index is 13.2. The number of hydrogen-bond acceptors (Lipinski definition) is 3. The number of hydrogen-bond donors (Lipinski definition) is 1. The van der Waals surface area contributed by atoms with Crippen LogP contribution in [0.2, 0.25) is 10.0 Å². The predicted molar refractivity (Wildman–Crippen MR) is 104 cm³/mol. The van der Waals surface area contributed by atoms with E-state index in [2.05, 4.69) is 0 Å². The average Bonchev–Trinajstić information content (AvgIpc) is 3.06. The molecule has 2 aromatic carbocycles. The van der Waals surface area contributed by atoms with Crippen molar-refractivity contribution in [1.82, 2.24) is 4.90 Å². The maximum absolute atomic E-state index is 13.2. The Bertz CT molecular complexity index is 900. The van der Waals surface area contributed by atoms with E-state index in [1.54, 1.807) is 29.2 Å². The van der Waals surface area contributed by atoms with E-state index in [4.69, 9.17) is 28.9 Å². The molecule has 0 saturated carbocycles. The number of nitrogens with zero attached hydrogens (tertiary/aromatic N) is 2. The summed E-state index contributed by atoms with van der Waals surface area (Å²) < 4.78 is 0. The Morgan fingerprint density at radius 2 is 1.81 bits per heavy atom. The first-order valence-electron chi connectivity index (χ1n) is 8.31. The fraction of sp³-hybridized carbons (Fsp3) is 0.211. The minimum absolute atomic E-state index is 0.0150. The molecule has 0 aliphatic carbocycles. The van der Waals surface area contributed by atoms with Crippen LogP contribution in [0.5, 0.6) is 0 Å². The topological polar surface area (TPSA) is 83.7 Å². The van der Waals surface area contributed by atoms with E-state index in [1.807, 2.05) is 0 Å². The predicted octanol–water partition coefficient (Wildman–Crippen LogP) is 3.32. The van der Waals surface area contributed by atoms with Crippen LogP contribution in [0.25, 0.3) is 0 Å². The molecule has 0 aromatic heterocycles. The number of rotatable bonds is 5. The molecule has 27 heavy (non-hydrogen) atoms. The van der Waals surface area contributed by atoms with E-state index in [0.717, 1.165) is 6.42 Å². The van der Waals surface area contributed by atoms with Crippen LogP contribution in [-0.2, 0) is 4.79 Å². The second kappa shape index (κ2) is 7.98. The Labute approximate surface area is 166 Å². The zero-order chi connectivity index (χ0) is 19.6. The normalized spacial score (nSPS) is 13.7. The Morgan fingerprint density at radius 1 is 1.11 bits per heavy atom. The van der Waals surface area contributed by atoms with Crippen LogP contribution in [0.15, 0.2) is 42.5 Å². The van der Waals surface area contributed by atoms with E-state index < -0.39 is 11.8 Å². The molecule has 140 valence electrons. The summed E-state index contributed by atoms with van der Waals surface area (Å²) in [5.74, 6) is -0.972. The highest BCUT2D eigenvalue weighted by Crippen LogP contribution is 2.26. The average molecular weight is 406 g/mol. The van der Waals surface area contributed by atoms with Crippen molar-refractivity contribution in [2.24, 2.45) is 5.73 Å². The second-order valence-electron chi connectivity index (χ2n) is 6.17. The van der Waals surface area contributed by atoms with Crippen molar-refractivity contribution < 1.29 is 14.4 Å². The van der Waals surface area contributed by atoms with Gasteiger partial charge in [-0.15, -0.1) is 0 Å². The van der Waals surface area contributed by atoms with Crippen molar-refractivity contribution in [3.8, 4) is 0 Å². The first kappa shape index (κ1) is 19.2. The smallest absolute Gasteiger partial charge is 0.261 e. The minimum Gasteiger partial charge on any atom is -0.366 e. The molecule has 1 saturated heterocycles. The van der Waals surface area contributed by atoms with E-state index >= 15 is 0 Å². The first-order chi connectivity index (χ1) is 12.9. The molecule has 0 unspecified atom stereocenters. The summed E-state index contributed by atoms with van der Waals surface area (Å²) in [6.45, 7) is 0.654. The fourth-order valence-corrected chi connectivity index (χ4v) is 3.27. The van der Waals surface area contributed by atoms with Crippen molar-refractivity contribution >= 4 is 46.6 Å². The van der Waals surface area contributed by atoms with Crippen LogP contribution in [0.1, 0.15) is 33.6 Å². The number of primary amides is 1. The Kier molecular flexibility index (Phi) is 5.68. The van der Waals surface area contributed by atoms with Gasteiger partial charge in [0.25, 0.3) is 5.91 Å². The molecule has 1 fully saturated rings. The van der Waals surface area contributed by atoms with Gasteiger partial charge < -0.3 is 10.6 Å². The molecule has 2 N–H and O–H groups in total. The number of anilines is 1. The lowest BCUT2D eigenvalue weighted by Crippen LogP contribution is -2.42. The van der Waals surface area contributed by atoms with E-state index in [0.29, 0.717) is 29.2 Å². The number of nitrogens with two attached hydrogens (primary N) is 1. The lowest BCUT2D eigenvalue weighted by Gasteiger charge is -2.28. The monoisotopic (exact) mass is 405 g/mol. The number of halogens is 2. The molecule has 1 heterocycles. The highest BCUT2D eigenvalue weighted by atomic mass is 35.5. The standard InChI is InChI=1S/C19H17Cl2N3O3/c20-13-5-8-16(21)15(10-13)19(27)24(11-23-9-1-2-17(23)25)14-6-3-12(4-7-14)18(22)26/h3-8,10H,1-2,9,11H2,(H2,22,26). The molecule has 0 bridgehead atoms. The van der Waals surface area contributed by atoms with Gasteiger partial charge in [0.15, 0.2) is 0 Å². The van der Waals surface area contributed by atoms with Gasteiger partial charge in [0.05, 0.1) is 10.6 Å². The lowest BCUT2D eigenvalue weighted by atomic mass is 10.1. The van der Waals surface area contributed by atoms with Crippen molar-refractivity contribution in [2.75, 3.05) is 18.1 Å². The molecule has 8 heteroatoms. The number of carbonyl (C=O) groups excluding carboxylic acids is 3. The van der Waals surface area contributed by atoms with E-state index in [-0.39, 0.29) is 23.2 Å². The largest absolute Gasteiger partial charge is 0.366 e. The zero-order valence-corrected chi connectivity index (χ0v) is 15.8. The number of carbonyl (C=O) groups is 3. The Morgan fingerprint density at radius 3 is 2.41 bits per heavy atom. The van der Waals surface area contributed by atoms with Crippen molar-refractivity contribution in [3.63, 3.8) is 0 Å². The highest BCUT2D eigenvalue weighted by Gasteiger charge is 2.27. The van der Waals surface area contributed by atoms with Gasteiger partial charge in [0.1, 0.15) is 6.67 Å². The van der Waals surface area contributed by atoms with Crippen LogP contribution in [0.4, 0.5) is 5.69 Å². The molecule has 6 nitrogen and oxygen atoms in total. The Hall–Kier alpha value is -2.57. The lowest BCUT2D eigenvalue weighted by molar-refractivity contribution is -0.127. The summed E-state index contributed by atoms with van der Waals surface area (Å²) >= 11 is 12.2. The quantitative estimate of drug-likeness (QED) is 0.827. The summed E-state index contributed by atoms with van der Waals surface area (Å²) in [6.07, 6.45) is 1.21. The van der Waals surface area contributed by atoms with Gasteiger partial charge >= 0.3 is 0 Å². The van der Waals surface area contributed by atoms with Gasteiger partial charge in [-0.2, -0.15) is 0 Å². The number of likely N-dealkylation sites (tertiary alicyclic amines) is 1. The summed E-state index contributed by atoms with van der Waals surface area (Å²) in [5.41, 5.74) is 6.34. The first-order valence-corrected chi connectivity index (χ1v) is 9.07. The van der Waals surface area contributed by atoms with Gasteiger partial charge in [-0.1, -0.05) is 23.2 Å². The summed E-state index contributed by atoms with van der Waals surface area (Å²) in [6, 6.07) is 10.9. The molecule has 0 atom stereocenters. The van der Waals surface area contributed by atoms with E-state index in [9.17, 15) is 14.4 Å². The molecule has 2 aromatic rings. The van der Waals surface area contributed by atoms with Crippen molar-refractivity contribution in [2.45, 2.75) is 12.8 Å². The van der Waals surface area contributed by atoms with Gasteiger partial charge in [-0.05, 0) is 48.9 Å². The van der Waals surface area contributed by atoms with E-state index in [1.165, 1.54) is 23.1 Å². The molecule has 0 spiro atoms. The third-order valence-corrected chi connectivity index (χ3v) is 4.92. The zero-order valence-electron chi connectivity index (χ0n) is 14.3. The van der Waals surface area contributed by atoms with Gasteiger partial charge in [0.2, 0.25) is 11.8 Å². The number of benzene rings is 2. The van der Waals surface area contributed by atoms with Gasteiger partial charge in [-0.3, -0.25) is 19.3 Å². The minimum atomic E-state index is -0.563. The number of amides is 3. The molecule has 0 radical (unpaired) electrons. The molecular formula is C19H17Cl2N3O3. The van der Waals surface area contributed by atoms with Crippen molar-refractivity contribution in [3.05, 3.63) is 63.6 Å².